The maximum atomic E-state index is 12.4. The number of hydrogen-bond donors (Lipinski definition) is 1. The van der Waals surface area contributed by atoms with E-state index in [2.05, 4.69) is 5.32 Å². The average Bonchev–Trinajstić information content (AvgIpc) is 2.58. The van der Waals surface area contributed by atoms with E-state index in [0.29, 0.717) is 6.29 Å². The fourth-order valence-electron chi connectivity index (χ4n) is 5.61. The lowest BCUT2D eigenvalue weighted by Gasteiger charge is -2.56. The zero-order valence-corrected chi connectivity index (χ0v) is 14.5. The summed E-state index contributed by atoms with van der Waals surface area (Å²) >= 11 is 0. The lowest BCUT2D eigenvalue weighted by atomic mass is 9.53. The first-order chi connectivity index (χ1) is 12.5. The van der Waals surface area contributed by atoms with Gasteiger partial charge >= 0.3 is 0 Å². The number of aldehydes is 1. The Kier molecular flexibility index (Phi) is 4.17. The van der Waals surface area contributed by atoms with Crippen molar-refractivity contribution in [2.75, 3.05) is 6.61 Å². The van der Waals surface area contributed by atoms with E-state index >= 15 is 0 Å². The van der Waals surface area contributed by atoms with Gasteiger partial charge in [-0.05, 0) is 62.3 Å². The fourth-order valence-corrected chi connectivity index (χ4v) is 5.61. The third kappa shape index (κ3) is 3.18. The minimum absolute atomic E-state index is 0.0711. The number of nitrogens with zero attached hydrogens (tertiary/aromatic N) is 1. The maximum Gasteiger partial charge on any atom is 0.270 e. The van der Waals surface area contributed by atoms with Gasteiger partial charge in [-0.3, -0.25) is 19.7 Å². The number of amides is 1. The summed E-state index contributed by atoms with van der Waals surface area (Å²) in [6.45, 7) is -0.194. The predicted molar refractivity (Wildman–Crippen MR) is 93.0 cm³/mol. The molecule has 1 aromatic carbocycles. The van der Waals surface area contributed by atoms with Crippen molar-refractivity contribution in [3.05, 3.63) is 33.9 Å². The first kappa shape index (κ1) is 17.0. The van der Waals surface area contributed by atoms with Crippen LogP contribution < -0.4 is 10.1 Å². The van der Waals surface area contributed by atoms with Gasteiger partial charge in [0.25, 0.3) is 11.6 Å². The van der Waals surface area contributed by atoms with Crippen LogP contribution in [0.3, 0.4) is 0 Å². The molecular weight excluding hydrogens is 336 g/mol. The summed E-state index contributed by atoms with van der Waals surface area (Å²) in [5.41, 5.74) is -0.197. The van der Waals surface area contributed by atoms with Gasteiger partial charge in [0.15, 0.2) is 12.9 Å². The van der Waals surface area contributed by atoms with Crippen molar-refractivity contribution in [2.24, 2.45) is 17.8 Å². The Morgan fingerprint density at radius 3 is 2.38 bits per heavy atom. The fraction of sp³-hybridized carbons (Fsp3) is 0.579. The van der Waals surface area contributed by atoms with Gasteiger partial charge in [-0.1, -0.05) is 0 Å². The predicted octanol–water partition coefficient (Wildman–Crippen LogP) is 2.87. The van der Waals surface area contributed by atoms with Gasteiger partial charge in [0.2, 0.25) is 0 Å². The Labute approximate surface area is 151 Å². The maximum absolute atomic E-state index is 12.4. The highest BCUT2D eigenvalue weighted by Crippen LogP contribution is 2.55. The second-order valence-corrected chi connectivity index (χ2v) is 8.13. The number of nitrogens with one attached hydrogen (secondary N) is 1. The first-order valence-corrected chi connectivity index (χ1v) is 9.14. The molecule has 4 aliphatic carbocycles. The smallest absolute Gasteiger partial charge is 0.270 e. The molecule has 138 valence electrons. The van der Waals surface area contributed by atoms with Crippen LogP contribution in [0.2, 0.25) is 0 Å². The van der Waals surface area contributed by atoms with E-state index in [-0.39, 0.29) is 35.1 Å². The number of benzene rings is 1. The van der Waals surface area contributed by atoms with Crippen molar-refractivity contribution < 1.29 is 19.2 Å². The summed E-state index contributed by atoms with van der Waals surface area (Å²) in [4.78, 5) is 33.8. The van der Waals surface area contributed by atoms with Crippen molar-refractivity contribution in [3.8, 4) is 5.75 Å². The molecule has 0 spiro atoms. The van der Waals surface area contributed by atoms with Crippen LogP contribution in [0, 0.1) is 27.9 Å². The van der Waals surface area contributed by atoms with E-state index in [0.717, 1.165) is 43.1 Å². The molecule has 26 heavy (non-hydrogen) atoms. The summed E-state index contributed by atoms with van der Waals surface area (Å²) in [6, 6.07) is 3.78. The molecule has 0 unspecified atom stereocenters. The van der Waals surface area contributed by atoms with Crippen molar-refractivity contribution in [1.82, 2.24) is 5.32 Å². The standard InChI is InChI=1S/C19H22N2O5/c22-10-15-6-16(21(24)25)1-2-17(15)26-11-18(23)20-19-7-12-3-13(8-19)5-14(4-12)9-19/h1-2,6,10,12-14H,3-5,7-9,11H2,(H,20,23). The molecule has 4 aliphatic rings. The van der Waals surface area contributed by atoms with E-state index in [1.165, 1.54) is 31.4 Å². The van der Waals surface area contributed by atoms with Crippen molar-refractivity contribution in [1.29, 1.82) is 0 Å². The van der Waals surface area contributed by atoms with Gasteiger partial charge in [-0.25, -0.2) is 0 Å². The van der Waals surface area contributed by atoms with Crippen LogP contribution in [-0.2, 0) is 4.79 Å². The van der Waals surface area contributed by atoms with Crippen LogP contribution in [-0.4, -0.2) is 29.3 Å². The Morgan fingerprint density at radius 1 is 1.23 bits per heavy atom. The highest BCUT2D eigenvalue weighted by Gasteiger charge is 2.51. The number of carbonyl (C=O) groups excluding carboxylic acids is 2. The third-order valence-corrected chi connectivity index (χ3v) is 6.13. The molecule has 0 saturated heterocycles. The van der Waals surface area contributed by atoms with E-state index in [1.807, 2.05) is 0 Å². The largest absolute Gasteiger partial charge is 0.483 e. The van der Waals surface area contributed by atoms with Gasteiger partial charge in [-0.15, -0.1) is 0 Å². The second-order valence-electron chi connectivity index (χ2n) is 8.13. The van der Waals surface area contributed by atoms with Gasteiger partial charge in [-0.2, -0.15) is 0 Å². The zero-order valence-electron chi connectivity index (χ0n) is 14.5. The molecule has 5 rings (SSSR count). The number of non-ortho nitro benzene ring substituents is 1. The summed E-state index contributed by atoms with van der Waals surface area (Å²) in [5.74, 6) is 2.20. The Bertz CT molecular complexity index is 725. The highest BCUT2D eigenvalue weighted by molar-refractivity contribution is 5.82. The highest BCUT2D eigenvalue weighted by atomic mass is 16.6. The minimum Gasteiger partial charge on any atom is -0.483 e. The SMILES string of the molecule is O=Cc1cc([N+](=O)[O-])ccc1OCC(=O)NC12CC3CC(CC(C3)C1)C2. The zero-order chi connectivity index (χ0) is 18.3. The van der Waals surface area contributed by atoms with Gasteiger partial charge < -0.3 is 10.1 Å². The van der Waals surface area contributed by atoms with Crippen molar-refractivity contribution >= 4 is 17.9 Å². The van der Waals surface area contributed by atoms with E-state index in [1.54, 1.807) is 0 Å². The number of carbonyl (C=O) groups is 2. The number of nitro benzene ring substituents is 1. The molecule has 0 aromatic heterocycles. The van der Waals surface area contributed by atoms with Gasteiger partial charge in [0.05, 0.1) is 10.5 Å². The van der Waals surface area contributed by atoms with Crippen LogP contribution in [0.5, 0.6) is 5.75 Å². The minimum atomic E-state index is -0.573. The molecule has 0 radical (unpaired) electrons. The van der Waals surface area contributed by atoms with Gasteiger partial charge in [0.1, 0.15) is 5.75 Å². The Hall–Kier alpha value is -2.44. The Balaban J connectivity index is 1.39. The second kappa shape index (κ2) is 6.37. The molecule has 0 atom stereocenters. The quantitative estimate of drug-likeness (QED) is 0.479. The van der Waals surface area contributed by atoms with Crippen LogP contribution in [0.25, 0.3) is 0 Å². The van der Waals surface area contributed by atoms with Gasteiger partial charge in [0, 0.05) is 17.7 Å². The summed E-state index contributed by atoms with van der Waals surface area (Å²) in [6.07, 6.45) is 7.58. The normalized spacial score (nSPS) is 31.5. The molecule has 7 heteroatoms. The number of ether oxygens (including phenoxy) is 1. The monoisotopic (exact) mass is 358 g/mol. The molecular formula is C19H22N2O5. The molecule has 4 saturated carbocycles. The summed E-state index contributed by atoms with van der Waals surface area (Å²) < 4.78 is 5.47. The molecule has 7 nitrogen and oxygen atoms in total. The molecule has 1 aromatic rings. The van der Waals surface area contributed by atoms with Crippen LogP contribution >= 0.6 is 0 Å². The molecule has 1 amide bonds. The first-order valence-electron chi connectivity index (χ1n) is 9.14. The molecule has 1 N–H and O–H groups in total. The van der Waals surface area contributed by atoms with Crippen molar-refractivity contribution in [2.45, 2.75) is 44.1 Å². The van der Waals surface area contributed by atoms with E-state index in [9.17, 15) is 19.7 Å². The number of nitro groups is 1. The molecule has 4 fully saturated rings. The molecule has 0 aliphatic heterocycles. The van der Waals surface area contributed by atoms with Crippen molar-refractivity contribution in [3.63, 3.8) is 0 Å². The molecule has 4 bridgehead atoms. The van der Waals surface area contributed by atoms with Crippen LogP contribution in [0.1, 0.15) is 48.9 Å². The van der Waals surface area contributed by atoms with Crippen LogP contribution in [0.4, 0.5) is 5.69 Å². The third-order valence-electron chi connectivity index (χ3n) is 6.13. The average molecular weight is 358 g/mol. The summed E-state index contributed by atoms with van der Waals surface area (Å²) in [5, 5.41) is 14.0. The number of hydrogen-bond acceptors (Lipinski definition) is 5. The summed E-state index contributed by atoms with van der Waals surface area (Å²) in [7, 11) is 0. The Morgan fingerprint density at radius 2 is 1.85 bits per heavy atom. The van der Waals surface area contributed by atoms with E-state index in [4.69, 9.17) is 4.74 Å². The topological polar surface area (TPSA) is 98.5 Å². The van der Waals surface area contributed by atoms with E-state index < -0.39 is 4.92 Å². The lowest BCUT2D eigenvalue weighted by molar-refractivity contribution is -0.384. The van der Waals surface area contributed by atoms with Crippen LogP contribution in [0.15, 0.2) is 18.2 Å². The number of rotatable bonds is 6. The lowest BCUT2D eigenvalue weighted by Crippen LogP contribution is -2.60. The molecule has 0 heterocycles.